The van der Waals surface area contributed by atoms with Gasteiger partial charge in [-0.05, 0) is 38.4 Å². The number of nitrogens with zero attached hydrogens (tertiary/aromatic N) is 4. The molecule has 1 saturated heterocycles. The first-order valence-electron chi connectivity index (χ1n) is 11.0. The molecule has 1 atom stereocenters. The lowest BCUT2D eigenvalue weighted by Crippen LogP contribution is -2.40. The number of hydrogen-bond acceptors (Lipinski definition) is 6. The van der Waals surface area contributed by atoms with Gasteiger partial charge in [0.05, 0.1) is 18.7 Å². The van der Waals surface area contributed by atoms with Crippen molar-refractivity contribution in [3.8, 4) is 5.75 Å². The molecule has 0 bridgehead atoms. The van der Waals surface area contributed by atoms with Gasteiger partial charge in [0.15, 0.2) is 0 Å². The van der Waals surface area contributed by atoms with E-state index >= 15 is 0 Å². The highest BCUT2D eigenvalue weighted by Gasteiger charge is 2.29. The summed E-state index contributed by atoms with van der Waals surface area (Å²) in [5, 5.41) is 3.24. The summed E-state index contributed by atoms with van der Waals surface area (Å²) in [6.45, 7) is 3.42. The zero-order valence-electron chi connectivity index (χ0n) is 18.2. The van der Waals surface area contributed by atoms with Crippen molar-refractivity contribution < 1.29 is 13.9 Å². The average Bonchev–Trinajstić information content (AvgIpc) is 2.78. The van der Waals surface area contributed by atoms with Crippen LogP contribution in [-0.2, 0) is 17.8 Å². The molecule has 2 aliphatic rings. The molecule has 1 aromatic heterocycles. The Morgan fingerprint density at radius 2 is 2.19 bits per heavy atom. The van der Waals surface area contributed by atoms with Crippen molar-refractivity contribution in [3.63, 3.8) is 0 Å². The smallest absolute Gasteiger partial charge is 0.226 e. The maximum atomic E-state index is 13.3. The molecule has 31 heavy (non-hydrogen) atoms. The molecular weight excluding hydrogens is 397 g/mol. The SMILES string of the molecule is CNc1nc([C@H]2CCCN(C(=O)CCOc3cccc(F)c3)C2)nc2c1CCN(C)C2. The lowest BCUT2D eigenvalue weighted by molar-refractivity contribution is -0.133. The third-order valence-corrected chi connectivity index (χ3v) is 6.03. The minimum Gasteiger partial charge on any atom is -0.493 e. The van der Waals surface area contributed by atoms with Crippen LogP contribution in [0.3, 0.4) is 0 Å². The van der Waals surface area contributed by atoms with Crippen LogP contribution in [0, 0.1) is 5.82 Å². The van der Waals surface area contributed by atoms with Gasteiger partial charge in [-0.3, -0.25) is 4.79 Å². The first-order valence-corrected chi connectivity index (χ1v) is 11.0. The van der Waals surface area contributed by atoms with E-state index in [0.717, 1.165) is 56.2 Å². The van der Waals surface area contributed by atoms with Crippen LogP contribution in [0.25, 0.3) is 0 Å². The van der Waals surface area contributed by atoms with E-state index < -0.39 is 0 Å². The van der Waals surface area contributed by atoms with E-state index in [4.69, 9.17) is 14.7 Å². The number of likely N-dealkylation sites (tertiary alicyclic amines) is 1. The van der Waals surface area contributed by atoms with Crippen LogP contribution < -0.4 is 10.1 Å². The first-order chi connectivity index (χ1) is 15.0. The maximum absolute atomic E-state index is 13.3. The van der Waals surface area contributed by atoms with Gasteiger partial charge in [-0.1, -0.05) is 6.07 Å². The number of rotatable bonds is 6. The molecule has 3 heterocycles. The van der Waals surface area contributed by atoms with Gasteiger partial charge in [0, 0.05) is 50.8 Å². The van der Waals surface area contributed by atoms with Crippen molar-refractivity contribution >= 4 is 11.7 Å². The standard InChI is InChI=1S/C23H30FN5O2/c1-25-23-19-8-11-28(2)15-20(19)26-22(27-23)16-5-4-10-29(14-16)21(30)9-12-31-18-7-3-6-17(24)13-18/h3,6-7,13,16H,4-5,8-12,14-15H2,1-2H3,(H,25,26,27)/t16-/m0/s1. The minimum absolute atomic E-state index is 0.0487. The second kappa shape index (κ2) is 9.60. The van der Waals surface area contributed by atoms with Gasteiger partial charge in [-0.2, -0.15) is 0 Å². The highest BCUT2D eigenvalue weighted by molar-refractivity contribution is 5.76. The number of amides is 1. The fraction of sp³-hybridized carbons (Fsp3) is 0.522. The summed E-state index contributed by atoms with van der Waals surface area (Å²) in [5.41, 5.74) is 2.30. The Morgan fingerprint density at radius 1 is 1.32 bits per heavy atom. The van der Waals surface area contributed by atoms with Crippen LogP contribution in [0.5, 0.6) is 5.75 Å². The highest BCUT2D eigenvalue weighted by atomic mass is 19.1. The quantitative estimate of drug-likeness (QED) is 0.765. The van der Waals surface area contributed by atoms with E-state index in [1.54, 1.807) is 12.1 Å². The van der Waals surface area contributed by atoms with Gasteiger partial charge in [0.2, 0.25) is 5.91 Å². The normalized spacial score (nSPS) is 19.1. The van der Waals surface area contributed by atoms with Crippen LogP contribution in [0.4, 0.5) is 10.2 Å². The number of nitrogens with one attached hydrogen (secondary N) is 1. The van der Waals surface area contributed by atoms with Crippen molar-refractivity contribution in [2.75, 3.05) is 45.7 Å². The molecule has 166 valence electrons. The van der Waals surface area contributed by atoms with E-state index in [9.17, 15) is 9.18 Å². The molecule has 0 aliphatic carbocycles. The van der Waals surface area contributed by atoms with Crippen LogP contribution in [0.2, 0.25) is 0 Å². The van der Waals surface area contributed by atoms with E-state index in [-0.39, 0.29) is 30.7 Å². The third kappa shape index (κ3) is 5.12. The predicted molar refractivity (Wildman–Crippen MR) is 117 cm³/mol. The number of piperidine rings is 1. The molecule has 4 rings (SSSR count). The van der Waals surface area contributed by atoms with Gasteiger partial charge in [0.25, 0.3) is 0 Å². The summed E-state index contributed by atoms with van der Waals surface area (Å²) in [4.78, 5) is 26.6. The fourth-order valence-electron chi connectivity index (χ4n) is 4.36. The molecule has 1 amide bonds. The molecule has 2 aromatic rings. The fourth-order valence-corrected chi connectivity index (χ4v) is 4.36. The van der Waals surface area contributed by atoms with Gasteiger partial charge in [-0.15, -0.1) is 0 Å². The Kier molecular flexibility index (Phi) is 6.65. The minimum atomic E-state index is -0.347. The van der Waals surface area contributed by atoms with Crippen molar-refractivity contribution in [2.24, 2.45) is 0 Å². The van der Waals surface area contributed by atoms with Crippen molar-refractivity contribution in [1.29, 1.82) is 0 Å². The third-order valence-electron chi connectivity index (χ3n) is 6.03. The lowest BCUT2D eigenvalue weighted by atomic mass is 9.96. The largest absolute Gasteiger partial charge is 0.493 e. The number of aromatic nitrogens is 2. The van der Waals surface area contributed by atoms with Gasteiger partial charge < -0.3 is 19.9 Å². The number of carbonyl (C=O) groups excluding carboxylic acids is 1. The Balaban J connectivity index is 1.39. The molecule has 0 unspecified atom stereocenters. The van der Waals surface area contributed by atoms with E-state index in [1.807, 2.05) is 11.9 Å². The Labute approximate surface area is 182 Å². The Morgan fingerprint density at radius 3 is 3.00 bits per heavy atom. The van der Waals surface area contributed by atoms with Crippen molar-refractivity contribution in [1.82, 2.24) is 19.8 Å². The number of ether oxygens (including phenoxy) is 1. The monoisotopic (exact) mass is 427 g/mol. The average molecular weight is 428 g/mol. The topological polar surface area (TPSA) is 70.6 Å². The molecular formula is C23H30FN5O2. The first kappa shape index (κ1) is 21.5. The summed E-state index contributed by atoms with van der Waals surface area (Å²) in [7, 11) is 4.01. The van der Waals surface area contributed by atoms with Crippen molar-refractivity contribution in [2.45, 2.75) is 38.1 Å². The molecule has 0 radical (unpaired) electrons. The van der Waals surface area contributed by atoms with Gasteiger partial charge in [-0.25, -0.2) is 14.4 Å². The molecule has 8 heteroatoms. The molecule has 0 spiro atoms. The van der Waals surface area contributed by atoms with E-state index in [2.05, 4.69) is 17.3 Å². The molecule has 0 saturated carbocycles. The summed E-state index contributed by atoms with van der Waals surface area (Å²) in [6.07, 6.45) is 3.11. The van der Waals surface area contributed by atoms with Gasteiger partial charge in [0.1, 0.15) is 23.2 Å². The van der Waals surface area contributed by atoms with Crippen LogP contribution in [0.15, 0.2) is 24.3 Å². The summed E-state index contributed by atoms with van der Waals surface area (Å²) >= 11 is 0. The van der Waals surface area contributed by atoms with E-state index in [1.165, 1.54) is 17.7 Å². The van der Waals surface area contributed by atoms with Gasteiger partial charge >= 0.3 is 0 Å². The molecule has 2 aliphatic heterocycles. The van der Waals surface area contributed by atoms with Crippen LogP contribution in [0.1, 0.15) is 42.3 Å². The maximum Gasteiger partial charge on any atom is 0.226 e. The number of anilines is 1. The van der Waals surface area contributed by atoms with Crippen LogP contribution in [-0.4, -0.2) is 66.0 Å². The Bertz CT molecular complexity index is 938. The molecule has 1 N–H and O–H groups in total. The summed E-state index contributed by atoms with van der Waals surface area (Å²) < 4.78 is 18.8. The number of hydrogen-bond donors (Lipinski definition) is 1. The number of fused-ring (bicyclic) bond motifs is 1. The number of carbonyl (C=O) groups is 1. The molecule has 1 aromatic carbocycles. The number of benzene rings is 1. The summed E-state index contributed by atoms with van der Waals surface area (Å²) in [5.74, 6) is 2.02. The van der Waals surface area contributed by atoms with Crippen LogP contribution >= 0.6 is 0 Å². The molecule has 7 nitrogen and oxygen atoms in total. The second-order valence-corrected chi connectivity index (χ2v) is 8.33. The molecule has 1 fully saturated rings. The second-order valence-electron chi connectivity index (χ2n) is 8.33. The van der Waals surface area contributed by atoms with E-state index in [0.29, 0.717) is 12.3 Å². The zero-order valence-corrected chi connectivity index (χ0v) is 18.2. The predicted octanol–water partition coefficient (Wildman–Crippen LogP) is 2.82. The summed E-state index contributed by atoms with van der Waals surface area (Å²) in [6, 6.07) is 5.98. The zero-order chi connectivity index (χ0) is 21.8. The number of likely N-dealkylation sites (N-methyl/N-ethyl adjacent to an activating group) is 1. The highest BCUT2D eigenvalue weighted by Crippen LogP contribution is 2.29. The van der Waals surface area contributed by atoms with Crippen molar-refractivity contribution in [3.05, 3.63) is 47.2 Å². The Hall–Kier alpha value is -2.74. The lowest BCUT2D eigenvalue weighted by Gasteiger charge is -2.33. The number of halogens is 1.